The van der Waals surface area contributed by atoms with Gasteiger partial charge in [0.2, 0.25) is 88.6 Å². The van der Waals surface area contributed by atoms with Crippen molar-refractivity contribution in [2.45, 2.75) is 264 Å². The van der Waals surface area contributed by atoms with Crippen molar-refractivity contribution >= 4 is 118 Å². The van der Waals surface area contributed by atoms with Crippen LogP contribution in [0.25, 0.3) is 0 Å². The number of aliphatic hydroxyl groups is 1. The van der Waals surface area contributed by atoms with Crippen molar-refractivity contribution < 1.29 is 127 Å². The first kappa shape index (κ1) is 108. The molecule has 0 saturated heterocycles. The molecular weight excluding hydrogens is 1670 g/mol. The highest BCUT2D eigenvalue weighted by Gasteiger charge is 2.42. The van der Waals surface area contributed by atoms with Crippen molar-refractivity contribution in [3.8, 4) is 0 Å². The van der Waals surface area contributed by atoms with Gasteiger partial charge in [0.05, 0.1) is 56.3 Å². The summed E-state index contributed by atoms with van der Waals surface area (Å²) in [6, 6.07) is -18.1. The molecule has 3 aromatic rings. The van der Waals surface area contributed by atoms with E-state index < -0.39 is 266 Å². The molecule has 46 heteroatoms. The van der Waals surface area contributed by atoms with E-state index in [4.69, 9.17) is 5.73 Å². The van der Waals surface area contributed by atoms with Crippen molar-refractivity contribution in [3.05, 3.63) is 72.3 Å². The molecule has 0 aliphatic rings. The van der Waals surface area contributed by atoms with Crippen molar-refractivity contribution in [1.29, 1.82) is 0 Å². The lowest BCUT2D eigenvalue weighted by atomic mass is 9.95. The highest BCUT2D eigenvalue weighted by Crippen LogP contribution is 2.18. The fourth-order valence-electron chi connectivity index (χ4n) is 12.8. The number of carboxylic acids is 5. The maximum absolute atomic E-state index is 14.7. The summed E-state index contributed by atoms with van der Waals surface area (Å²) in [6.07, 6.45) is -0.653. The first-order valence-corrected chi connectivity index (χ1v) is 41.5. The monoisotopic (exact) mass is 1790 g/mol. The summed E-state index contributed by atoms with van der Waals surface area (Å²) in [5.74, 6) is -28.4. The van der Waals surface area contributed by atoms with Gasteiger partial charge < -0.3 is 126 Å². The third-order valence-corrected chi connectivity index (χ3v) is 19.8. The molecule has 0 aliphatic heterocycles. The number of aliphatic hydroxyl groups excluding tert-OH is 1. The molecule has 1 aromatic carbocycles. The van der Waals surface area contributed by atoms with Gasteiger partial charge in [-0.25, -0.2) is 14.8 Å². The van der Waals surface area contributed by atoms with Gasteiger partial charge >= 0.3 is 29.8 Å². The largest absolute Gasteiger partial charge is 0.481 e. The lowest BCUT2D eigenvalue weighted by Gasteiger charge is -2.31. The summed E-state index contributed by atoms with van der Waals surface area (Å²) in [6.45, 7) is 20.0. The van der Waals surface area contributed by atoms with E-state index in [0.717, 1.165) is 6.33 Å². The SMILES string of the molecule is CC[C@H](C)[C@H](NC(=O)[C@@H](NC(C)=O)C(C)C)C(=O)N[C@@H](CC(C)C)C(=O)N[C@H](C(=O)N[C@@H](CC(C)C)C(=O)N[C@@H](Cc1ccccc1)C(=O)N[C@@H](CC(=O)O)C(=O)N[C@@H](CC(=O)O)C(=O)N[C@@H](Cc1c[nH]cn1)C(=O)N[C@@H](CC(=O)O)C(=O)N[C@@H](CO)C(=O)N[C@@H](CC(=O)O)C(=O)N[C@H](C(=O)N[C@@H](Cc1c[nH]cn1)C(=O)N[C@@H](CCCCN)C(=O)O)C(C)C)C(C)C. The number of nitrogens with two attached hydrogens (primary N) is 1. The molecule has 704 valence electrons. The maximum atomic E-state index is 14.7. The van der Waals surface area contributed by atoms with E-state index in [0.29, 0.717) is 24.8 Å². The Kier molecular flexibility index (Phi) is 46.0. The molecule has 127 heavy (non-hydrogen) atoms. The number of aliphatic carboxylic acids is 5. The number of amides is 15. The van der Waals surface area contributed by atoms with Crippen LogP contribution in [-0.4, -0.2) is 273 Å². The van der Waals surface area contributed by atoms with Gasteiger partial charge in [-0.3, -0.25) is 91.1 Å². The minimum absolute atomic E-state index is 0.0377. The van der Waals surface area contributed by atoms with Crippen LogP contribution in [0, 0.1) is 35.5 Å². The number of hydrogen-bond donors (Lipinski definition) is 24. The molecule has 0 aliphatic carbocycles. The second kappa shape index (κ2) is 54.0. The minimum Gasteiger partial charge on any atom is -0.481 e. The number of rotatable bonds is 58. The quantitative estimate of drug-likeness (QED) is 0.0238. The molecule has 16 atom stereocenters. The Balaban J connectivity index is 1.96. The van der Waals surface area contributed by atoms with Crippen LogP contribution in [-0.2, 0) is 115 Å². The van der Waals surface area contributed by atoms with Gasteiger partial charge in [-0.2, -0.15) is 0 Å². The van der Waals surface area contributed by atoms with Gasteiger partial charge in [-0.15, -0.1) is 0 Å². The number of carbonyl (C=O) groups is 20. The number of H-pyrrole nitrogens is 2. The molecule has 0 saturated carbocycles. The number of hydrogen-bond acceptors (Lipinski definition) is 24. The highest BCUT2D eigenvalue weighted by atomic mass is 16.4. The van der Waals surface area contributed by atoms with E-state index >= 15 is 0 Å². The van der Waals surface area contributed by atoms with Gasteiger partial charge in [-0.1, -0.05) is 120 Å². The first-order chi connectivity index (χ1) is 59.6. The normalized spacial score (nSPS) is 15.1. The number of carboxylic acid groups (broad SMARTS) is 5. The predicted molar refractivity (Wildman–Crippen MR) is 449 cm³/mol. The van der Waals surface area contributed by atoms with Crippen LogP contribution in [0.3, 0.4) is 0 Å². The molecule has 2 aromatic heterocycles. The fourth-order valence-corrected chi connectivity index (χ4v) is 12.8. The lowest BCUT2D eigenvalue weighted by molar-refractivity contribution is -0.144. The second-order valence-electron chi connectivity index (χ2n) is 32.6. The van der Waals surface area contributed by atoms with Crippen molar-refractivity contribution in [3.63, 3.8) is 0 Å². The van der Waals surface area contributed by atoms with E-state index in [1.165, 1.54) is 39.5 Å². The number of benzene rings is 1. The van der Waals surface area contributed by atoms with Gasteiger partial charge in [0.25, 0.3) is 0 Å². The van der Waals surface area contributed by atoms with Gasteiger partial charge in [0.1, 0.15) is 90.6 Å². The number of imidazole rings is 2. The summed E-state index contributed by atoms with van der Waals surface area (Å²) >= 11 is 0. The average Bonchev–Trinajstić information content (AvgIpc) is 1.85. The van der Waals surface area contributed by atoms with E-state index in [9.17, 15) is 127 Å². The van der Waals surface area contributed by atoms with Crippen LogP contribution < -0.4 is 85.5 Å². The van der Waals surface area contributed by atoms with Crippen molar-refractivity contribution in [2.24, 2.45) is 41.2 Å². The summed E-state index contributed by atoms with van der Waals surface area (Å²) in [5, 5.41) is 96.2. The summed E-state index contributed by atoms with van der Waals surface area (Å²) < 4.78 is 0. The zero-order valence-corrected chi connectivity index (χ0v) is 73.2. The van der Waals surface area contributed by atoms with Gasteiger partial charge in [-0.05, 0) is 79.7 Å². The van der Waals surface area contributed by atoms with Crippen LogP contribution >= 0.6 is 0 Å². The van der Waals surface area contributed by atoms with Crippen LogP contribution in [0.2, 0.25) is 0 Å². The molecule has 0 fully saturated rings. The summed E-state index contributed by atoms with van der Waals surface area (Å²) in [4.78, 5) is 286. The molecule has 0 radical (unpaired) electrons. The molecule has 46 nitrogen and oxygen atoms in total. The van der Waals surface area contributed by atoms with E-state index in [1.807, 2.05) is 10.6 Å². The molecule has 3 rings (SSSR count). The second-order valence-corrected chi connectivity index (χ2v) is 32.6. The third kappa shape index (κ3) is 38.5. The average molecular weight is 1790 g/mol. The Labute approximate surface area is 732 Å². The Morgan fingerprint density at radius 2 is 0.646 bits per heavy atom. The van der Waals surface area contributed by atoms with E-state index in [1.54, 1.807) is 99.6 Å². The topological polar surface area (TPSA) is 727 Å². The van der Waals surface area contributed by atoms with Crippen molar-refractivity contribution in [2.75, 3.05) is 13.2 Å². The standard InChI is InChI=1S/C81H124N20O26/c1-14-43(12)66(101-79(124)63(40(6)7)87-44(13)103)80(125)96-50(25-39(4)5)74(119)99-64(41(8)9)77(122)95-49(24-38(2)3)67(112)89-51(26-45-20-16-15-17-21-45)68(113)91-55(30-60(106)107)72(117)93-54(29-59(104)105)71(116)90-52(27-46-33-83-36-85-46)70(115)92-56(31-61(108)109)73(118)98-58(35-102)76(121)94-57(32-62(110)111)75(120)100-65(42(10)11)78(123)97-53(28-47-34-84-37-86-47)69(114)88-48(81(126)127)22-18-19-23-82/h15-17,20-21,33-34,36-43,48-58,63-66,102H,14,18-19,22-32,35,82H2,1-13H3,(H,83,85)(H,84,86)(H,87,103)(H,88,114)(H,89,112)(H,90,116)(H,91,113)(H,92,115)(H,93,117)(H,94,121)(H,95,122)(H,96,125)(H,97,123)(H,98,118)(H,99,119)(H,100,120)(H,101,124)(H,104,105)(H,106,107)(H,108,109)(H,110,111)(H,126,127)/t43-,48-,49-,50-,51-,52-,53-,54-,55-,56-,57-,58-,63-,64-,65-,66-/m0/s1. The third-order valence-electron chi connectivity index (χ3n) is 19.8. The van der Waals surface area contributed by atoms with Crippen LogP contribution in [0.5, 0.6) is 0 Å². The molecular formula is C81H124N20O26. The lowest BCUT2D eigenvalue weighted by Crippen LogP contribution is -2.62. The number of unbranched alkanes of at least 4 members (excludes halogenated alkanes) is 1. The number of nitrogens with zero attached hydrogens (tertiary/aromatic N) is 2. The Morgan fingerprint density at radius 3 is 0.976 bits per heavy atom. The Bertz CT molecular complexity index is 4240. The van der Waals surface area contributed by atoms with Crippen LogP contribution in [0.4, 0.5) is 0 Å². The summed E-state index contributed by atoms with van der Waals surface area (Å²) in [5.41, 5.74) is 6.10. The minimum atomic E-state index is -2.31. The Morgan fingerprint density at radius 1 is 0.354 bits per heavy atom. The van der Waals surface area contributed by atoms with Gasteiger partial charge in [0.15, 0.2) is 0 Å². The van der Waals surface area contributed by atoms with E-state index in [-0.39, 0.29) is 67.8 Å². The summed E-state index contributed by atoms with van der Waals surface area (Å²) in [7, 11) is 0. The first-order valence-electron chi connectivity index (χ1n) is 41.5. The van der Waals surface area contributed by atoms with Gasteiger partial charge in [0, 0.05) is 38.6 Å². The van der Waals surface area contributed by atoms with Crippen LogP contribution in [0.15, 0.2) is 55.4 Å². The molecule has 2 heterocycles. The highest BCUT2D eigenvalue weighted by molar-refractivity contribution is 6.02. The number of carbonyl (C=O) groups excluding carboxylic acids is 15. The van der Waals surface area contributed by atoms with Crippen molar-refractivity contribution in [1.82, 2.24) is 99.7 Å². The fraction of sp³-hybridized carbons (Fsp3) is 0.605. The smallest absolute Gasteiger partial charge is 0.326 e. The molecule has 0 unspecified atom stereocenters. The maximum Gasteiger partial charge on any atom is 0.326 e. The molecule has 25 N–H and O–H groups in total. The molecule has 15 amide bonds. The predicted octanol–water partition coefficient (Wildman–Crippen LogP) is -4.34. The number of aromatic nitrogens is 4. The zero-order valence-electron chi connectivity index (χ0n) is 73.2. The number of aromatic amines is 2. The zero-order chi connectivity index (χ0) is 95.8. The van der Waals surface area contributed by atoms with E-state index in [2.05, 4.69) is 89.1 Å². The molecule has 0 bridgehead atoms. The Hall–Kier alpha value is -13.0. The number of nitrogens with one attached hydrogen (secondary N) is 17. The van der Waals surface area contributed by atoms with Crippen LogP contribution in [0.1, 0.15) is 171 Å². The molecule has 0 spiro atoms.